The molecule has 0 fully saturated rings. The molecule has 0 radical (unpaired) electrons. The number of aryl methyl sites for hydroxylation is 1. The molecule has 168 valence electrons. The summed E-state index contributed by atoms with van der Waals surface area (Å²) in [5, 5.41) is 3.65. The summed E-state index contributed by atoms with van der Waals surface area (Å²) in [5.74, 6) is 0.0306. The molecular weight excluding hydrogens is 474 g/mol. The molecule has 0 unspecified atom stereocenters. The summed E-state index contributed by atoms with van der Waals surface area (Å²) < 4.78 is 28.6. The monoisotopic (exact) mass is 495 g/mol. The number of nitrogens with zero attached hydrogens (tertiary/aromatic N) is 3. The number of anilines is 2. The third kappa shape index (κ3) is 4.17. The zero-order valence-electron chi connectivity index (χ0n) is 18.2. The van der Waals surface area contributed by atoms with Gasteiger partial charge in [-0.3, -0.25) is 0 Å². The zero-order chi connectivity index (χ0) is 23.2. The Bertz CT molecular complexity index is 1510. The maximum Gasteiger partial charge on any atom is 0.264 e. The number of nitrogens with one attached hydrogen (secondary N) is 2. The number of hydrogen-bond acceptors (Lipinski definition) is 8. The van der Waals surface area contributed by atoms with Gasteiger partial charge in [-0.25, -0.2) is 28.1 Å². The van der Waals surface area contributed by atoms with Crippen molar-refractivity contribution in [3.63, 3.8) is 0 Å². The first kappa shape index (κ1) is 21.7. The fourth-order valence-corrected chi connectivity index (χ4v) is 7.61. The van der Waals surface area contributed by atoms with Crippen LogP contribution < -0.4 is 14.7 Å². The summed E-state index contributed by atoms with van der Waals surface area (Å²) in [6.45, 7) is 6.43. The molecule has 7 nitrogen and oxygen atoms in total. The standard InChI is InChI=1S/C23H21N5O2S3/c1-14-5-10-17-18(13-14)27-23(2,3)20-19(17)21(32-31-20)26-15-6-8-16(9-7-15)33(29,30)28-22-24-11-4-12-25-22/h4-13,27H,1-3H3,(H,24,25,28). The lowest BCUT2D eigenvalue weighted by atomic mass is 9.89. The van der Waals surface area contributed by atoms with Gasteiger partial charge in [0.25, 0.3) is 10.0 Å². The number of benzene rings is 2. The molecule has 0 saturated carbocycles. The Balaban J connectivity index is 1.52. The van der Waals surface area contributed by atoms with E-state index in [1.807, 2.05) is 0 Å². The molecule has 0 spiro atoms. The van der Waals surface area contributed by atoms with E-state index in [9.17, 15) is 8.42 Å². The maximum absolute atomic E-state index is 12.6. The lowest BCUT2D eigenvalue weighted by Crippen LogP contribution is -2.31. The fraction of sp³-hybridized carbons (Fsp3) is 0.174. The second-order valence-corrected chi connectivity index (χ2v) is 12.1. The van der Waals surface area contributed by atoms with Crippen molar-refractivity contribution in [1.29, 1.82) is 0 Å². The van der Waals surface area contributed by atoms with E-state index >= 15 is 0 Å². The number of aromatic nitrogens is 2. The highest BCUT2D eigenvalue weighted by molar-refractivity contribution is 7.92. The third-order valence-electron chi connectivity index (χ3n) is 5.27. The molecule has 5 rings (SSSR count). The van der Waals surface area contributed by atoms with Crippen molar-refractivity contribution in [2.75, 3.05) is 10.0 Å². The molecule has 33 heavy (non-hydrogen) atoms. The van der Waals surface area contributed by atoms with Gasteiger partial charge in [-0.1, -0.05) is 32.8 Å². The lowest BCUT2D eigenvalue weighted by molar-refractivity contribution is 0.601. The highest BCUT2D eigenvalue weighted by Gasteiger charge is 2.33. The first-order valence-electron chi connectivity index (χ1n) is 10.2. The largest absolute Gasteiger partial charge is 0.375 e. The van der Waals surface area contributed by atoms with Gasteiger partial charge in [-0.2, -0.15) is 0 Å². The van der Waals surface area contributed by atoms with E-state index in [2.05, 4.69) is 59.0 Å². The SMILES string of the molecule is Cc1ccc2c(c1)NC(C)(C)c1ssc(=Nc3ccc(S(=O)(=O)Nc4ncccn4)cc3)c1-2. The summed E-state index contributed by atoms with van der Waals surface area (Å²) in [5.41, 5.74) is 5.07. The van der Waals surface area contributed by atoms with Crippen LogP contribution in [-0.2, 0) is 15.6 Å². The summed E-state index contributed by atoms with van der Waals surface area (Å²) in [6, 6.07) is 14.5. The summed E-state index contributed by atoms with van der Waals surface area (Å²) in [4.78, 5) is 14.1. The molecule has 0 amide bonds. The summed E-state index contributed by atoms with van der Waals surface area (Å²) >= 11 is 0. The zero-order valence-corrected chi connectivity index (χ0v) is 20.6. The highest BCUT2D eigenvalue weighted by atomic mass is 32.9. The van der Waals surface area contributed by atoms with Gasteiger partial charge in [0.15, 0.2) is 0 Å². The highest BCUT2D eigenvalue weighted by Crippen LogP contribution is 2.45. The molecule has 0 saturated heterocycles. The van der Waals surface area contributed by atoms with Crippen LogP contribution in [0.1, 0.15) is 24.3 Å². The Morgan fingerprint density at radius 1 is 1.03 bits per heavy atom. The van der Waals surface area contributed by atoms with Crippen molar-refractivity contribution in [2.45, 2.75) is 31.2 Å². The molecule has 0 atom stereocenters. The van der Waals surface area contributed by atoms with E-state index < -0.39 is 10.0 Å². The number of rotatable bonds is 4. The fourth-order valence-electron chi connectivity index (χ4n) is 3.71. The van der Waals surface area contributed by atoms with E-state index in [1.54, 1.807) is 38.9 Å². The van der Waals surface area contributed by atoms with Crippen LogP contribution in [-0.4, -0.2) is 18.4 Å². The lowest BCUT2D eigenvalue weighted by Gasteiger charge is -2.33. The van der Waals surface area contributed by atoms with Crippen LogP contribution in [0.4, 0.5) is 17.3 Å². The minimum absolute atomic E-state index is 0.0306. The molecule has 4 aromatic rings. The Labute approximate surface area is 199 Å². The van der Waals surface area contributed by atoms with E-state index in [0.29, 0.717) is 5.69 Å². The molecule has 2 aromatic heterocycles. The molecule has 3 heterocycles. The van der Waals surface area contributed by atoms with Gasteiger partial charge in [0.2, 0.25) is 5.95 Å². The van der Waals surface area contributed by atoms with Crippen LogP contribution in [0, 0.1) is 6.92 Å². The molecule has 0 bridgehead atoms. The first-order chi connectivity index (χ1) is 15.7. The molecule has 2 aromatic carbocycles. The van der Waals surface area contributed by atoms with Gasteiger partial charge in [0.1, 0.15) is 4.67 Å². The minimum atomic E-state index is -3.79. The quantitative estimate of drug-likeness (QED) is 0.376. The maximum atomic E-state index is 12.6. The van der Waals surface area contributed by atoms with Gasteiger partial charge in [-0.15, -0.1) is 0 Å². The van der Waals surface area contributed by atoms with E-state index in [1.165, 1.54) is 35.0 Å². The van der Waals surface area contributed by atoms with Crippen molar-refractivity contribution in [3.8, 4) is 11.1 Å². The van der Waals surface area contributed by atoms with Gasteiger partial charge < -0.3 is 5.32 Å². The smallest absolute Gasteiger partial charge is 0.264 e. The molecule has 2 N–H and O–H groups in total. The predicted molar refractivity (Wildman–Crippen MR) is 134 cm³/mol. The molecule has 1 aliphatic rings. The van der Waals surface area contributed by atoms with E-state index in [4.69, 9.17) is 4.99 Å². The molecular formula is C23H21N5O2S3. The number of hydrogen-bond donors (Lipinski definition) is 2. The van der Waals surface area contributed by atoms with E-state index in [-0.39, 0.29) is 16.4 Å². The minimum Gasteiger partial charge on any atom is -0.375 e. The Kier molecular flexibility index (Phi) is 5.31. The number of sulfonamides is 1. The molecule has 10 heteroatoms. The van der Waals surface area contributed by atoms with Crippen molar-refractivity contribution < 1.29 is 8.42 Å². The second-order valence-electron chi connectivity index (χ2n) is 8.26. The van der Waals surface area contributed by atoms with Gasteiger partial charge >= 0.3 is 0 Å². The third-order valence-corrected chi connectivity index (χ3v) is 9.26. The Morgan fingerprint density at radius 2 is 1.76 bits per heavy atom. The van der Waals surface area contributed by atoms with Crippen LogP contribution in [0.2, 0.25) is 0 Å². The molecule has 0 aliphatic carbocycles. The van der Waals surface area contributed by atoms with Crippen LogP contribution in [0.15, 0.2) is 70.8 Å². The Hall–Kier alpha value is -3.08. The average Bonchev–Trinajstić information content (AvgIpc) is 3.19. The van der Waals surface area contributed by atoms with Crippen molar-refractivity contribution in [3.05, 3.63) is 76.0 Å². The van der Waals surface area contributed by atoms with Crippen LogP contribution in [0.25, 0.3) is 11.1 Å². The summed E-state index contributed by atoms with van der Waals surface area (Å²) in [7, 11) is -0.436. The first-order valence-corrected chi connectivity index (χ1v) is 13.8. The molecule has 1 aliphatic heterocycles. The normalized spacial score (nSPS) is 14.8. The van der Waals surface area contributed by atoms with Crippen molar-refractivity contribution >= 4 is 48.0 Å². The average molecular weight is 496 g/mol. The van der Waals surface area contributed by atoms with Gasteiger partial charge in [-0.05, 0) is 62.7 Å². The van der Waals surface area contributed by atoms with Crippen LogP contribution in [0.3, 0.4) is 0 Å². The van der Waals surface area contributed by atoms with Crippen molar-refractivity contribution in [2.24, 2.45) is 4.99 Å². The van der Waals surface area contributed by atoms with E-state index in [0.717, 1.165) is 21.5 Å². The van der Waals surface area contributed by atoms with Crippen molar-refractivity contribution in [1.82, 2.24) is 9.97 Å². The van der Waals surface area contributed by atoms with Crippen LogP contribution in [0.5, 0.6) is 0 Å². The number of fused-ring (bicyclic) bond motifs is 3. The Morgan fingerprint density at radius 3 is 2.48 bits per heavy atom. The predicted octanol–water partition coefficient (Wildman–Crippen LogP) is 5.27. The topological polar surface area (TPSA) is 96.3 Å². The van der Waals surface area contributed by atoms with Crippen LogP contribution >= 0.6 is 20.7 Å². The van der Waals surface area contributed by atoms with Gasteiger partial charge in [0.05, 0.1) is 21.0 Å². The second kappa shape index (κ2) is 8.05. The summed E-state index contributed by atoms with van der Waals surface area (Å²) in [6.07, 6.45) is 2.96. The van der Waals surface area contributed by atoms with Gasteiger partial charge in [0, 0.05) is 29.2 Å².